The standard InChI is InChI=1S/C27H26N2O5S/c1-16(30)18-3-5-20(6-4-18)26-23-13-14-34-27(23)24-15-22(11-12-25(24)28-26)35(32,33)29-21-9-7-19(8-10-21)17(2)31/h3-12,15,23,26-29H,13-14H2,1-2H3/t23-,26?,27-/m0/s1. The van der Waals surface area contributed by atoms with E-state index in [9.17, 15) is 18.0 Å². The van der Waals surface area contributed by atoms with Crippen molar-refractivity contribution in [3.63, 3.8) is 0 Å². The van der Waals surface area contributed by atoms with E-state index in [1.165, 1.54) is 6.92 Å². The average Bonchev–Trinajstić information content (AvgIpc) is 3.34. The van der Waals surface area contributed by atoms with Crippen LogP contribution in [0.2, 0.25) is 0 Å². The number of benzene rings is 3. The summed E-state index contributed by atoms with van der Waals surface area (Å²) in [7, 11) is -3.84. The van der Waals surface area contributed by atoms with E-state index in [0.29, 0.717) is 23.4 Å². The van der Waals surface area contributed by atoms with Crippen molar-refractivity contribution in [1.29, 1.82) is 0 Å². The van der Waals surface area contributed by atoms with Crippen molar-refractivity contribution < 1.29 is 22.7 Å². The number of fused-ring (bicyclic) bond motifs is 3. The molecule has 3 atom stereocenters. The molecule has 0 aromatic heterocycles. The van der Waals surface area contributed by atoms with Crippen molar-refractivity contribution in [2.45, 2.75) is 37.3 Å². The molecule has 7 nitrogen and oxygen atoms in total. The van der Waals surface area contributed by atoms with Crippen LogP contribution in [0.4, 0.5) is 11.4 Å². The van der Waals surface area contributed by atoms with Crippen LogP contribution < -0.4 is 10.0 Å². The first-order valence-electron chi connectivity index (χ1n) is 11.5. The van der Waals surface area contributed by atoms with Gasteiger partial charge in [0.2, 0.25) is 0 Å². The lowest BCUT2D eigenvalue weighted by Gasteiger charge is -2.36. The third-order valence-corrected chi connectivity index (χ3v) is 8.12. The molecule has 0 spiro atoms. The second kappa shape index (κ2) is 8.94. The Morgan fingerprint density at radius 2 is 1.54 bits per heavy atom. The molecule has 1 saturated heterocycles. The van der Waals surface area contributed by atoms with Gasteiger partial charge in [0, 0.05) is 40.6 Å². The second-order valence-corrected chi connectivity index (χ2v) is 10.7. The summed E-state index contributed by atoms with van der Waals surface area (Å²) in [6.07, 6.45) is 0.613. The third-order valence-electron chi connectivity index (χ3n) is 6.74. The molecule has 1 unspecified atom stereocenters. The molecule has 2 aliphatic rings. The molecule has 0 saturated carbocycles. The van der Waals surface area contributed by atoms with Crippen molar-refractivity contribution in [3.05, 3.63) is 89.0 Å². The van der Waals surface area contributed by atoms with Gasteiger partial charge in [-0.2, -0.15) is 0 Å². The first kappa shape index (κ1) is 23.3. The van der Waals surface area contributed by atoms with Crippen LogP contribution in [0.3, 0.4) is 0 Å². The Kier molecular flexibility index (Phi) is 5.94. The lowest BCUT2D eigenvalue weighted by Crippen LogP contribution is -2.29. The Labute approximate surface area is 204 Å². The van der Waals surface area contributed by atoms with Crippen molar-refractivity contribution >= 4 is 33.0 Å². The quantitative estimate of drug-likeness (QED) is 0.464. The number of sulfonamides is 1. The number of nitrogens with one attached hydrogen (secondary N) is 2. The Balaban J connectivity index is 1.43. The topological polar surface area (TPSA) is 102 Å². The molecule has 180 valence electrons. The number of carbonyl (C=O) groups is 2. The summed E-state index contributed by atoms with van der Waals surface area (Å²) in [5.41, 5.74) is 4.28. The maximum atomic E-state index is 13.1. The minimum Gasteiger partial charge on any atom is -0.378 e. The SMILES string of the molecule is CC(=O)c1ccc(NS(=O)(=O)c2ccc3c(c2)[C@H]2OCC[C@H]2C(c2ccc(C(C)=O)cc2)N3)cc1. The fourth-order valence-corrected chi connectivity index (χ4v) is 5.95. The predicted molar refractivity (Wildman–Crippen MR) is 133 cm³/mol. The van der Waals surface area contributed by atoms with Crippen LogP contribution in [0.25, 0.3) is 0 Å². The van der Waals surface area contributed by atoms with E-state index >= 15 is 0 Å². The predicted octanol–water partition coefficient (Wildman–Crippen LogP) is 5.14. The van der Waals surface area contributed by atoms with Gasteiger partial charge in [0.05, 0.1) is 17.0 Å². The fraction of sp³-hybridized carbons (Fsp3) is 0.259. The zero-order valence-electron chi connectivity index (χ0n) is 19.4. The van der Waals surface area contributed by atoms with Crippen molar-refractivity contribution in [3.8, 4) is 0 Å². The summed E-state index contributed by atoms with van der Waals surface area (Å²) < 4.78 is 34.9. The van der Waals surface area contributed by atoms with Crippen LogP contribution in [-0.2, 0) is 14.8 Å². The number of hydrogen-bond donors (Lipinski definition) is 2. The number of rotatable bonds is 6. The molecule has 2 aliphatic heterocycles. The van der Waals surface area contributed by atoms with Gasteiger partial charge in [-0.25, -0.2) is 8.42 Å². The molecule has 3 aromatic carbocycles. The van der Waals surface area contributed by atoms with Gasteiger partial charge in [-0.15, -0.1) is 0 Å². The van der Waals surface area contributed by atoms with Gasteiger partial charge in [-0.1, -0.05) is 24.3 Å². The third kappa shape index (κ3) is 4.47. The zero-order chi connectivity index (χ0) is 24.7. The van der Waals surface area contributed by atoms with Crippen LogP contribution in [-0.4, -0.2) is 26.6 Å². The molecular weight excluding hydrogens is 464 g/mol. The van der Waals surface area contributed by atoms with Gasteiger partial charge >= 0.3 is 0 Å². The maximum absolute atomic E-state index is 13.1. The summed E-state index contributed by atoms with van der Waals surface area (Å²) >= 11 is 0. The number of hydrogen-bond acceptors (Lipinski definition) is 6. The van der Waals surface area contributed by atoms with E-state index in [-0.39, 0.29) is 34.5 Å². The number of anilines is 2. The molecule has 0 amide bonds. The number of ether oxygens (including phenoxy) is 1. The monoisotopic (exact) mass is 490 g/mol. The van der Waals surface area contributed by atoms with Gasteiger partial charge in [0.15, 0.2) is 11.6 Å². The molecule has 5 rings (SSSR count). The number of Topliss-reactive ketones (excluding diaryl/α,β-unsaturated/α-hetero) is 2. The normalized spacial score (nSPS) is 20.9. The lowest BCUT2D eigenvalue weighted by molar-refractivity contribution is 0.0827. The highest BCUT2D eigenvalue weighted by molar-refractivity contribution is 7.92. The van der Waals surface area contributed by atoms with Gasteiger partial charge in [-0.05, 0) is 68.3 Å². The van der Waals surface area contributed by atoms with Crippen LogP contribution in [0.5, 0.6) is 0 Å². The summed E-state index contributed by atoms with van der Waals surface area (Å²) in [5, 5.41) is 3.57. The molecular formula is C27H26N2O5S. The summed E-state index contributed by atoms with van der Waals surface area (Å²) in [6.45, 7) is 3.60. The first-order valence-corrected chi connectivity index (χ1v) is 13.0. The van der Waals surface area contributed by atoms with Crippen molar-refractivity contribution in [1.82, 2.24) is 0 Å². The van der Waals surface area contributed by atoms with E-state index in [2.05, 4.69) is 10.0 Å². The Morgan fingerprint density at radius 3 is 2.17 bits per heavy atom. The summed E-state index contributed by atoms with van der Waals surface area (Å²) in [5.74, 6) is 0.0780. The highest BCUT2D eigenvalue weighted by Crippen LogP contribution is 2.50. The first-order chi connectivity index (χ1) is 16.7. The van der Waals surface area contributed by atoms with Gasteiger partial charge in [-0.3, -0.25) is 14.3 Å². The summed E-state index contributed by atoms with van der Waals surface area (Å²) in [6, 6.07) is 19.0. The fourth-order valence-electron chi connectivity index (χ4n) is 4.86. The molecule has 0 aliphatic carbocycles. The van der Waals surface area contributed by atoms with Gasteiger partial charge in [0.1, 0.15) is 0 Å². The van der Waals surface area contributed by atoms with E-state index in [4.69, 9.17) is 4.74 Å². The molecule has 35 heavy (non-hydrogen) atoms. The largest absolute Gasteiger partial charge is 0.378 e. The Hall–Kier alpha value is -3.49. The van der Waals surface area contributed by atoms with Crippen molar-refractivity contribution in [2.75, 3.05) is 16.6 Å². The minimum absolute atomic E-state index is 0.00335. The van der Waals surface area contributed by atoms with Gasteiger partial charge in [0.25, 0.3) is 10.0 Å². The van der Waals surface area contributed by atoms with Crippen LogP contribution in [0.15, 0.2) is 71.6 Å². The zero-order valence-corrected chi connectivity index (χ0v) is 20.3. The maximum Gasteiger partial charge on any atom is 0.261 e. The molecule has 2 heterocycles. The van der Waals surface area contributed by atoms with Gasteiger partial charge < -0.3 is 10.1 Å². The van der Waals surface area contributed by atoms with Crippen LogP contribution in [0.1, 0.15) is 64.3 Å². The number of ketones is 2. The van der Waals surface area contributed by atoms with E-state index in [0.717, 1.165) is 23.2 Å². The Bertz CT molecular complexity index is 1400. The molecule has 8 heteroatoms. The van der Waals surface area contributed by atoms with Crippen LogP contribution >= 0.6 is 0 Å². The summed E-state index contributed by atoms with van der Waals surface area (Å²) in [4.78, 5) is 23.3. The molecule has 2 N–H and O–H groups in total. The molecule has 1 fully saturated rings. The van der Waals surface area contributed by atoms with E-state index in [1.807, 2.05) is 24.3 Å². The average molecular weight is 491 g/mol. The molecule has 0 bridgehead atoms. The molecule has 3 aromatic rings. The van der Waals surface area contributed by atoms with E-state index < -0.39 is 10.0 Å². The lowest BCUT2D eigenvalue weighted by atomic mass is 9.81. The highest BCUT2D eigenvalue weighted by Gasteiger charge is 2.42. The smallest absolute Gasteiger partial charge is 0.261 e. The van der Waals surface area contributed by atoms with E-state index in [1.54, 1.807) is 49.4 Å². The van der Waals surface area contributed by atoms with Crippen molar-refractivity contribution in [2.24, 2.45) is 5.92 Å². The molecule has 0 radical (unpaired) electrons. The number of carbonyl (C=O) groups excluding carboxylic acids is 2. The Morgan fingerprint density at radius 1 is 0.914 bits per heavy atom. The minimum atomic E-state index is -3.84. The highest BCUT2D eigenvalue weighted by atomic mass is 32.2. The second-order valence-electron chi connectivity index (χ2n) is 9.03. The van der Waals surface area contributed by atoms with Crippen LogP contribution in [0, 0.1) is 5.92 Å².